The van der Waals surface area contributed by atoms with E-state index >= 15 is 0 Å². The Morgan fingerprint density at radius 3 is 2.78 bits per heavy atom. The first kappa shape index (κ1) is 19.4. The molecule has 1 aromatic heterocycles. The van der Waals surface area contributed by atoms with E-state index in [1.807, 2.05) is 6.20 Å². The molecule has 3 heterocycles. The van der Waals surface area contributed by atoms with Crippen molar-refractivity contribution < 1.29 is 4.74 Å². The van der Waals surface area contributed by atoms with E-state index in [-0.39, 0.29) is 6.10 Å². The van der Waals surface area contributed by atoms with Crippen molar-refractivity contribution in [3.63, 3.8) is 0 Å². The van der Waals surface area contributed by atoms with Crippen LogP contribution in [-0.2, 0) is 11.3 Å². The van der Waals surface area contributed by atoms with Crippen LogP contribution in [0.25, 0.3) is 0 Å². The number of likely N-dealkylation sites (tertiary alicyclic amines) is 1. The lowest BCUT2D eigenvalue weighted by molar-refractivity contribution is -0.0239. The standard InChI is InChI=1S/C22H38N4O/c1-3-25-14-11-23-22(25)21-20(8-5-15-27-21)24-18-9-12-26(13-10-18)19-7-4-6-17(2)16-19/h11,14,17-21,24H,3-10,12-13,15-16H2,1-2H3/t17-,19+,20-,21-/m0/s1. The molecule has 0 spiro atoms. The Morgan fingerprint density at radius 2 is 2.00 bits per heavy atom. The topological polar surface area (TPSA) is 42.3 Å². The molecule has 5 heteroatoms. The van der Waals surface area contributed by atoms with Crippen molar-refractivity contribution >= 4 is 0 Å². The zero-order chi connectivity index (χ0) is 18.6. The van der Waals surface area contributed by atoms with Crippen LogP contribution in [0.4, 0.5) is 0 Å². The fourth-order valence-electron chi connectivity index (χ4n) is 5.52. The molecule has 1 aromatic rings. The molecule has 0 aromatic carbocycles. The van der Waals surface area contributed by atoms with Gasteiger partial charge in [0, 0.05) is 43.7 Å². The highest BCUT2D eigenvalue weighted by Crippen LogP contribution is 2.31. The number of piperidine rings is 1. The third kappa shape index (κ3) is 4.57. The number of nitrogens with zero attached hydrogens (tertiary/aromatic N) is 3. The maximum Gasteiger partial charge on any atom is 0.139 e. The van der Waals surface area contributed by atoms with Crippen LogP contribution >= 0.6 is 0 Å². The smallest absolute Gasteiger partial charge is 0.139 e. The Kier molecular flexibility index (Phi) is 6.51. The lowest BCUT2D eigenvalue weighted by Crippen LogP contribution is -2.52. The van der Waals surface area contributed by atoms with E-state index in [4.69, 9.17) is 4.74 Å². The molecule has 0 radical (unpaired) electrons. The van der Waals surface area contributed by atoms with Crippen LogP contribution in [-0.4, -0.2) is 52.3 Å². The highest BCUT2D eigenvalue weighted by atomic mass is 16.5. The van der Waals surface area contributed by atoms with Gasteiger partial charge >= 0.3 is 0 Å². The summed E-state index contributed by atoms with van der Waals surface area (Å²) in [6.45, 7) is 8.95. The average molecular weight is 375 g/mol. The molecule has 5 nitrogen and oxygen atoms in total. The third-order valence-corrected chi connectivity index (χ3v) is 7.07. The van der Waals surface area contributed by atoms with E-state index in [0.717, 1.165) is 37.4 Å². The van der Waals surface area contributed by atoms with Crippen molar-refractivity contribution in [2.75, 3.05) is 19.7 Å². The Bertz CT molecular complexity index is 581. The number of hydrogen-bond acceptors (Lipinski definition) is 4. The van der Waals surface area contributed by atoms with Crippen LogP contribution in [0.5, 0.6) is 0 Å². The van der Waals surface area contributed by atoms with E-state index < -0.39 is 0 Å². The second-order valence-electron chi connectivity index (χ2n) is 9.01. The molecule has 0 amide bonds. The normalized spacial score (nSPS) is 34.0. The Balaban J connectivity index is 1.32. The van der Waals surface area contributed by atoms with Gasteiger partial charge in [0.2, 0.25) is 0 Å². The van der Waals surface area contributed by atoms with Crippen LogP contribution < -0.4 is 5.32 Å². The maximum atomic E-state index is 6.19. The molecule has 27 heavy (non-hydrogen) atoms. The van der Waals surface area contributed by atoms with Gasteiger partial charge in [-0.3, -0.25) is 0 Å². The zero-order valence-electron chi connectivity index (χ0n) is 17.3. The van der Waals surface area contributed by atoms with Crippen molar-refractivity contribution in [2.24, 2.45) is 5.92 Å². The van der Waals surface area contributed by atoms with Gasteiger partial charge in [-0.1, -0.05) is 19.8 Å². The molecule has 2 aliphatic heterocycles. The lowest BCUT2D eigenvalue weighted by atomic mass is 9.85. The largest absolute Gasteiger partial charge is 0.369 e. The summed E-state index contributed by atoms with van der Waals surface area (Å²) >= 11 is 0. The van der Waals surface area contributed by atoms with Gasteiger partial charge in [-0.2, -0.15) is 0 Å². The SMILES string of the molecule is CCn1ccnc1[C@H]1OCCC[C@@H]1NC1CCN([C@@H]2CCC[C@H](C)C2)CC1. The van der Waals surface area contributed by atoms with Gasteiger partial charge < -0.3 is 19.5 Å². The first-order valence-electron chi connectivity index (χ1n) is 11.4. The number of rotatable bonds is 5. The number of imidazole rings is 1. The predicted octanol–water partition coefficient (Wildman–Crippen LogP) is 3.76. The van der Waals surface area contributed by atoms with Crippen LogP contribution in [0.15, 0.2) is 12.4 Å². The summed E-state index contributed by atoms with van der Waals surface area (Å²) in [5.74, 6) is 2.02. The Morgan fingerprint density at radius 1 is 1.15 bits per heavy atom. The second kappa shape index (κ2) is 9.06. The van der Waals surface area contributed by atoms with Gasteiger partial charge in [0.1, 0.15) is 11.9 Å². The molecule has 1 N–H and O–H groups in total. The summed E-state index contributed by atoms with van der Waals surface area (Å²) < 4.78 is 8.42. The second-order valence-corrected chi connectivity index (χ2v) is 9.01. The molecule has 4 atom stereocenters. The number of nitrogens with one attached hydrogen (secondary N) is 1. The van der Waals surface area contributed by atoms with Crippen molar-refractivity contribution in [2.45, 2.75) is 96.0 Å². The van der Waals surface area contributed by atoms with Crippen LogP contribution in [0.3, 0.4) is 0 Å². The van der Waals surface area contributed by atoms with Gasteiger partial charge in [-0.25, -0.2) is 4.98 Å². The molecular formula is C22H38N4O. The van der Waals surface area contributed by atoms with E-state index in [9.17, 15) is 0 Å². The predicted molar refractivity (Wildman–Crippen MR) is 109 cm³/mol. The van der Waals surface area contributed by atoms with Crippen LogP contribution in [0.2, 0.25) is 0 Å². The number of aromatic nitrogens is 2. The lowest BCUT2D eigenvalue weighted by Gasteiger charge is -2.42. The summed E-state index contributed by atoms with van der Waals surface area (Å²) in [6.07, 6.45) is 14.7. The maximum absolute atomic E-state index is 6.19. The molecular weight excluding hydrogens is 336 g/mol. The number of aryl methyl sites for hydroxylation is 1. The van der Waals surface area contributed by atoms with Gasteiger partial charge in [0.15, 0.2) is 0 Å². The average Bonchev–Trinajstić information content (AvgIpc) is 3.18. The van der Waals surface area contributed by atoms with Gasteiger partial charge in [-0.15, -0.1) is 0 Å². The molecule has 152 valence electrons. The Hall–Kier alpha value is -0.910. The zero-order valence-corrected chi connectivity index (χ0v) is 17.3. The highest BCUT2D eigenvalue weighted by molar-refractivity contribution is 5.03. The molecule has 4 rings (SSSR count). The summed E-state index contributed by atoms with van der Waals surface area (Å²) in [6, 6.07) is 1.87. The summed E-state index contributed by atoms with van der Waals surface area (Å²) in [4.78, 5) is 7.41. The highest BCUT2D eigenvalue weighted by Gasteiger charge is 2.34. The van der Waals surface area contributed by atoms with Crippen molar-refractivity contribution in [1.82, 2.24) is 19.8 Å². The van der Waals surface area contributed by atoms with Gasteiger partial charge in [-0.05, 0) is 64.5 Å². The molecule has 2 saturated heterocycles. The summed E-state index contributed by atoms with van der Waals surface area (Å²) in [5.41, 5.74) is 0. The van der Waals surface area contributed by atoms with Gasteiger partial charge in [0.25, 0.3) is 0 Å². The summed E-state index contributed by atoms with van der Waals surface area (Å²) in [5, 5.41) is 3.97. The fourth-order valence-corrected chi connectivity index (χ4v) is 5.52. The quantitative estimate of drug-likeness (QED) is 0.852. The van der Waals surface area contributed by atoms with E-state index in [1.54, 1.807) is 0 Å². The van der Waals surface area contributed by atoms with E-state index in [0.29, 0.717) is 12.1 Å². The van der Waals surface area contributed by atoms with Crippen molar-refractivity contribution in [3.8, 4) is 0 Å². The minimum absolute atomic E-state index is 0.103. The third-order valence-electron chi connectivity index (χ3n) is 7.07. The van der Waals surface area contributed by atoms with Gasteiger partial charge in [0.05, 0.1) is 0 Å². The monoisotopic (exact) mass is 374 g/mol. The van der Waals surface area contributed by atoms with Crippen molar-refractivity contribution in [3.05, 3.63) is 18.2 Å². The van der Waals surface area contributed by atoms with E-state index in [1.165, 1.54) is 58.0 Å². The minimum atomic E-state index is 0.103. The molecule has 0 unspecified atom stereocenters. The van der Waals surface area contributed by atoms with E-state index in [2.05, 4.69) is 39.8 Å². The molecule has 3 fully saturated rings. The summed E-state index contributed by atoms with van der Waals surface area (Å²) in [7, 11) is 0. The van der Waals surface area contributed by atoms with Crippen LogP contribution in [0.1, 0.15) is 77.1 Å². The molecule has 3 aliphatic rings. The number of ether oxygens (including phenoxy) is 1. The minimum Gasteiger partial charge on any atom is -0.369 e. The van der Waals surface area contributed by atoms with Crippen molar-refractivity contribution in [1.29, 1.82) is 0 Å². The Labute approximate surface area is 164 Å². The first-order valence-corrected chi connectivity index (χ1v) is 11.4. The molecule has 0 bridgehead atoms. The number of hydrogen-bond donors (Lipinski definition) is 1. The fraction of sp³-hybridized carbons (Fsp3) is 0.864. The first-order chi connectivity index (χ1) is 13.2. The molecule has 1 saturated carbocycles. The van der Waals surface area contributed by atoms with Crippen LogP contribution in [0, 0.1) is 5.92 Å². The molecule has 1 aliphatic carbocycles.